The number of rotatable bonds is 1. The van der Waals surface area contributed by atoms with Crippen LogP contribution in [0.5, 0.6) is 0 Å². The number of ether oxygens (including phenoxy) is 1. The second kappa shape index (κ2) is 1.89. The highest BCUT2D eigenvalue weighted by Crippen LogP contribution is 2.03. The molecule has 0 saturated carbocycles. The lowest BCUT2D eigenvalue weighted by Crippen LogP contribution is -2.29. The summed E-state index contributed by atoms with van der Waals surface area (Å²) in [6.07, 6.45) is 2.73. The maximum atomic E-state index is 10.6. The summed E-state index contributed by atoms with van der Waals surface area (Å²) in [4.78, 5) is 0. The highest BCUT2D eigenvalue weighted by Gasteiger charge is 2.11. The van der Waals surface area contributed by atoms with Crippen LogP contribution < -0.4 is 5.14 Å². The molecule has 0 aliphatic carbocycles. The molecule has 0 aromatic rings. The van der Waals surface area contributed by atoms with Crippen LogP contribution in [0.4, 0.5) is 0 Å². The Balaban J connectivity index is 2.76. The Bertz CT molecular complexity index is 219. The molecular formula is C3H7N3O2S. The van der Waals surface area contributed by atoms with Crippen molar-refractivity contribution < 1.29 is 8.95 Å². The van der Waals surface area contributed by atoms with E-state index in [1.165, 1.54) is 12.5 Å². The summed E-state index contributed by atoms with van der Waals surface area (Å²) >= 11 is 0. The van der Waals surface area contributed by atoms with E-state index in [0.717, 1.165) is 4.31 Å². The average Bonchev–Trinajstić information content (AvgIpc) is 2.08. The van der Waals surface area contributed by atoms with Crippen LogP contribution in [0.15, 0.2) is 12.5 Å². The van der Waals surface area contributed by atoms with E-state index in [1.54, 1.807) is 0 Å². The lowest BCUT2D eigenvalue weighted by molar-refractivity contribution is 0.223. The van der Waals surface area contributed by atoms with E-state index in [2.05, 4.69) is 4.74 Å². The molecule has 0 bridgehead atoms. The molecule has 0 fully saturated rings. The minimum Gasteiger partial charge on any atom is -0.478 e. The van der Waals surface area contributed by atoms with Crippen molar-refractivity contribution in [1.29, 1.82) is 4.78 Å². The van der Waals surface area contributed by atoms with E-state index in [-0.39, 0.29) is 6.73 Å². The van der Waals surface area contributed by atoms with Crippen molar-refractivity contribution in [3.8, 4) is 0 Å². The van der Waals surface area contributed by atoms with Crippen molar-refractivity contribution in [2.45, 2.75) is 0 Å². The first kappa shape index (κ1) is 6.37. The number of nitrogens with one attached hydrogen (secondary N) is 1. The molecule has 9 heavy (non-hydrogen) atoms. The average molecular weight is 149 g/mol. The van der Waals surface area contributed by atoms with E-state index in [0.29, 0.717) is 0 Å². The highest BCUT2D eigenvalue weighted by molar-refractivity contribution is 7.87. The van der Waals surface area contributed by atoms with E-state index in [4.69, 9.17) is 9.92 Å². The molecule has 0 radical (unpaired) electrons. The first-order chi connectivity index (χ1) is 4.11. The summed E-state index contributed by atoms with van der Waals surface area (Å²) in [5.74, 6) is 0. The molecule has 1 heterocycles. The second-order valence-electron chi connectivity index (χ2n) is 1.57. The normalized spacial score (nSPS) is 23.4. The van der Waals surface area contributed by atoms with Crippen LogP contribution in [-0.4, -0.2) is 15.2 Å². The molecule has 3 N–H and O–H groups in total. The molecule has 0 aromatic heterocycles. The zero-order valence-electron chi connectivity index (χ0n) is 4.61. The summed E-state index contributed by atoms with van der Waals surface area (Å²) in [5, 5.41) is 4.93. The number of nitrogens with zero attached hydrogens (tertiary/aromatic N) is 1. The van der Waals surface area contributed by atoms with Gasteiger partial charge in [-0.15, -0.1) is 0 Å². The van der Waals surface area contributed by atoms with Crippen LogP contribution in [0.1, 0.15) is 0 Å². The van der Waals surface area contributed by atoms with Gasteiger partial charge in [0.05, 0.1) is 6.20 Å². The topological polar surface area (TPSA) is 79.4 Å². The number of hydrogen-bond acceptors (Lipinski definition) is 3. The Hall–Kier alpha value is -0.750. The monoisotopic (exact) mass is 149 g/mol. The predicted molar refractivity (Wildman–Crippen MR) is 32.0 cm³/mol. The van der Waals surface area contributed by atoms with Gasteiger partial charge >= 0.3 is 0 Å². The van der Waals surface area contributed by atoms with Crippen LogP contribution in [0.2, 0.25) is 0 Å². The largest absolute Gasteiger partial charge is 0.478 e. The van der Waals surface area contributed by atoms with Crippen LogP contribution in [0.3, 0.4) is 0 Å². The smallest absolute Gasteiger partial charge is 0.194 e. The van der Waals surface area contributed by atoms with Gasteiger partial charge in [-0.1, -0.05) is 0 Å². The molecule has 6 heteroatoms. The molecule has 0 aromatic carbocycles. The number of nitrogens with two attached hydrogens (primary N) is 1. The Morgan fingerprint density at radius 3 is 2.78 bits per heavy atom. The van der Waals surface area contributed by atoms with Crippen molar-refractivity contribution in [2.75, 3.05) is 6.73 Å². The van der Waals surface area contributed by atoms with Gasteiger partial charge in [0.1, 0.15) is 6.26 Å². The van der Waals surface area contributed by atoms with Gasteiger partial charge in [0.15, 0.2) is 16.8 Å². The summed E-state index contributed by atoms with van der Waals surface area (Å²) in [6.45, 7) is 0.110. The molecule has 1 aliphatic heterocycles. The van der Waals surface area contributed by atoms with Crippen molar-refractivity contribution in [2.24, 2.45) is 5.14 Å². The predicted octanol–water partition coefficient (Wildman–Crippen LogP) is -0.417. The third-order valence-corrected chi connectivity index (χ3v) is 1.80. The third-order valence-electron chi connectivity index (χ3n) is 0.874. The summed E-state index contributed by atoms with van der Waals surface area (Å²) < 4.78 is 23.2. The first-order valence-corrected chi connectivity index (χ1v) is 3.80. The molecule has 52 valence electrons. The Labute approximate surface area is 53.3 Å². The second-order valence-corrected chi connectivity index (χ2v) is 3.17. The maximum Gasteiger partial charge on any atom is 0.194 e. The van der Waals surface area contributed by atoms with Crippen molar-refractivity contribution in [1.82, 2.24) is 4.31 Å². The summed E-state index contributed by atoms with van der Waals surface area (Å²) in [6, 6.07) is 0. The fourth-order valence-electron chi connectivity index (χ4n) is 0.439. The maximum absolute atomic E-state index is 10.6. The molecule has 1 aliphatic rings. The molecule has 0 saturated heterocycles. The van der Waals surface area contributed by atoms with Gasteiger partial charge in [-0.05, 0) is 0 Å². The van der Waals surface area contributed by atoms with Crippen molar-refractivity contribution in [3.63, 3.8) is 0 Å². The van der Waals surface area contributed by atoms with Crippen LogP contribution in [0, 0.1) is 4.78 Å². The van der Waals surface area contributed by atoms with Gasteiger partial charge in [-0.25, -0.2) is 18.4 Å². The van der Waals surface area contributed by atoms with Crippen LogP contribution >= 0.6 is 0 Å². The zero-order chi connectivity index (χ0) is 6.91. The SMILES string of the molecule is N=S(N)(=O)N1C=COC1. The van der Waals surface area contributed by atoms with Crippen LogP contribution in [-0.2, 0) is 14.8 Å². The molecule has 1 rings (SSSR count). The zero-order valence-corrected chi connectivity index (χ0v) is 5.43. The molecule has 0 amide bonds. The molecule has 1 atom stereocenters. The molecular weight excluding hydrogens is 142 g/mol. The first-order valence-electron chi connectivity index (χ1n) is 2.22. The van der Waals surface area contributed by atoms with Crippen molar-refractivity contribution in [3.05, 3.63) is 12.5 Å². The lowest BCUT2D eigenvalue weighted by Gasteiger charge is -2.11. The summed E-state index contributed by atoms with van der Waals surface area (Å²) in [7, 11) is -3.08. The van der Waals surface area contributed by atoms with Crippen LogP contribution in [0.25, 0.3) is 0 Å². The van der Waals surface area contributed by atoms with Crippen molar-refractivity contribution >= 4 is 10.1 Å². The van der Waals surface area contributed by atoms with Gasteiger partial charge < -0.3 is 4.74 Å². The fraction of sp³-hybridized carbons (Fsp3) is 0.333. The van der Waals surface area contributed by atoms with Gasteiger partial charge in [-0.3, -0.25) is 0 Å². The van der Waals surface area contributed by atoms with E-state index < -0.39 is 10.1 Å². The minimum atomic E-state index is -3.08. The number of hydrogen-bond donors (Lipinski definition) is 2. The third kappa shape index (κ3) is 1.33. The van der Waals surface area contributed by atoms with Gasteiger partial charge in [0, 0.05) is 0 Å². The molecule has 5 nitrogen and oxygen atoms in total. The van der Waals surface area contributed by atoms with E-state index >= 15 is 0 Å². The Kier molecular flexibility index (Phi) is 1.34. The highest BCUT2D eigenvalue weighted by atomic mass is 32.2. The fourth-order valence-corrected chi connectivity index (χ4v) is 0.887. The Morgan fingerprint density at radius 1 is 1.89 bits per heavy atom. The van der Waals surface area contributed by atoms with E-state index in [1.807, 2.05) is 0 Å². The van der Waals surface area contributed by atoms with Gasteiger partial charge in [-0.2, -0.15) is 0 Å². The molecule has 1 unspecified atom stereocenters. The van der Waals surface area contributed by atoms with Gasteiger partial charge in [0.2, 0.25) is 0 Å². The summed E-state index contributed by atoms with van der Waals surface area (Å²) in [5.41, 5.74) is 0. The van der Waals surface area contributed by atoms with Gasteiger partial charge in [0.25, 0.3) is 0 Å². The lowest BCUT2D eigenvalue weighted by atomic mass is 11.0. The molecule has 0 spiro atoms. The Morgan fingerprint density at radius 2 is 2.56 bits per heavy atom. The minimum absolute atomic E-state index is 0.110. The van der Waals surface area contributed by atoms with E-state index in [9.17, 15) is 4.21 Å². The quantitative estimate of drug-likeness (QED) is 0.531. The standard InChI is InChI=1S/C3H7N3O2S/c4-9(5,7)6-1-2-8-3-6/h1-2H,3H2,(H3,4,5,7).